The predicted octanol–water partition coefficient (Wildman–Crippen LogP) is 1.42. The summed E-state index contributed by atoms with van der Waals surface area (Å²) in [6.07, 6.45) is 0.344. The molecule has 2 amide bonds. The van der Waals surface area contributed by atoms with E-state index in [4.69, 9.17) is 4.74 Å². The highest BCUT2D eigenvalue weighted by Crippen LogP contribution is 2.14. The smallest absolute Gasteiger partial charge is 0.244 e. The van der Waals surface area contributed by atoms with Crippen LogP contribution >= 0.6 is 0 Å². The van der Waals surface area contributed by atoms with Gasteiger partial charge >= 0.3 is 0 Å². The molecule has 1 aliphatic heterocycles. The Morgan fingerprint density at radius 3 is 2.30 bits per heavy atom. The monoisotopic (exact) mass is 370 g/mol. The average Bonchev–Trinajstić information content (AvgIpc) is 2.98. The molecule has 7 heteroatoms. The summed E-state index contributed by atoms with van der Waals surface area (Å²) in [5, 5.41) is 4.34. The number of carbonyl (C=O) groups excluding carboxylic acids is 2. The van der Waals surface area contributed by atoms with Gasteiger partial charge in [-0.1, -0.05) is 12.1 Å². The summed E-state index contributed by atoms with van der Waals surface area (Å²) >= 11 is 0. The van der Waals surface area contributed by atoms with Crippen molar-refractivity contribution < 1.29 is 14.3 Å². The van der Waals surface area contributed by atoms with Crippen molar-refractivity contribution >= 4 is 11.8 Å². The van der Waals surface area contributed by atoms with Crippen molar-refractivity contribution in [2.24, 2.45) is 0 Å². The Bertz CT molecular complexity index is 822. The summed E-state index contributed by atoms with van der Waals surface area (Å²) in [5.74, 6) is 0.870. The summed E-state index contributed by atoms with van der Waals surface area (Å²) in [7, 11) is 1.61. The van der Waals surface area contributed by atoms with Crippen molar-refractivity contribution in [2.45, 2.75) is 26.8 Å². The number of nitrogens with zero attached hydrogens (tertiary/aromatic N) is 4. The molecule has 1 aliphatic rings. The van der Waals surface area contributed by atoms with Crippen molar-refractivity contribution in [3.63, 3.8) is 0 Å². The Labute approximate surface area is 159 Å². The summed E-state index contributed by atoms with van der Waals surface area (Å²) in [6.45, 7) is 6.35. The molecule has 0 spiro atoms. The highest BCUT2D eigenvalue weighted by molar-refractivity contribution is 5.80. The second kappa shape index (κ2) is 8.24. The lowest BCUT2D eigenvalue weighted by molar-refractivity contribution is -0.139. The molecule has 0 saturated carbocycles. The number of aryl methyl sites for hydroxylation is 2. The molecule has 1 aromatic heterocycles. The highest BCUT2D eigenvalue weighted by atomic mass is 16.5. The second-order valence-corrected chi connectivity index (χ2v) is 6.87. The van der Waals surface area contributed by atoms with Crippen LogP contribution in [0.25, 0.3) is 0 Å². The molecule has 27 heavy (non-hydrogen) atoms. The van der Waals surface area contributed by atoms with Gasteiger partial charge in [-0.2, -0.15) is 5.10 Å². The van der Waals surface area contributed by atoms with Gasteiger partial charge in [-0.3, -0.25) is 14.3 Å². The molecule has 3 rings (SSSR count). The van der Waals surface area contributed by atoms with Crippen LogP contribution in [-0.4, -0.2) is 64.7 Å². The molecule has 144 valence electrons. The Balaban J connectivity index is 1.51. The van der Waals surface area contributed by atoms with Crippen molar-refractivity contribution in [1.29, 1.82) is 0 Å². The number of rotatable bonds is 5. The molecule has 0 unspecified atom stereocenters. The molecule has 1 saturated heterocycles. The first kappa shape index (κ1) is 18.9. The molecular formula is C20H26N4O3. The van der Waals surface area contributed by atoms with Gasteiger partial charge in [0.2, 0.25) is 11.8 Å². The predicted molar refractivity (Wildman–Crippen MR) is 102 cm³/mol. The second-order valence-electron chi connectivity index (χ2n) is 6.87. The number of aromatic nitrogens is 2. The first-order valence-electron chi connectivity index (χ1n) is 9.16. The third-order valence-electron chi connectivity index (χ3n) is 4.86. The maximum absolute atomic E-state index is 12.5. The van der Waals surface area contributed by atoms with Gasteiger partial charge in [-0.05, 0) is 37.6 Å². The fourth-order valence-electron chi connectivity index (χ4n) is 3.34. The van der Waals surface area contributed by atoms with Crippen LogP contribution in [0.2, 0.25) is 0 Å². The van der Waals surface area contributed by atoms with E-state index in [-0.39, 0.29) is 18.4 Å². The molecule has 0 N–H and O–H groups in total. The SMILES string of the molecule is COc1cccc(CC(=O)N2CCN(C(=O)Cn3nc(C)cc3C)CC2)c1. The number of methoxy groups -OCH3 is 1. The van der Waals surface area contributed by atoms with Gasteiger partial charge < -0.3 is 14.5 Å². The van der Waals surface area contributed by atoms with E-state index in [2.05, 4.69) is 5.10 Å². The lowest BCUT2D eigenvalue weighted by Crippen LogP contribution is -2.51. The van der Waals surface area contributed by atoms with E-state index in [1.165, 1.54) is 0 Å². The number of benzene rings is 1. The molecule has 2 heterocycles. The molecule has 0 atom stereocenters. The average molecular weight is 370 g/mol. The standard InChI is InChI=1S/C20H26N4O3/c1-15-11-16(2)24(21-15)14-20(26)23-9-7-22(8-10-23)19(25)13-17-5-4-6-18(12-17)27-3/h4-6,11-12H,7-10,13-14H2,1-3H3. The summed E-state index contributed by atoms with van der Waals surface area (Å²) < 4.78 is 6.94. The summed E-state index contributed by atoms with van der Waals surface area (Å²) in [4.78, 5) is 28.7. The zero-order valence-corrected chi connectivity index (χ0v) is 16.1. The van der Waals surface area contributed by atoms with Crippen LogP contribution in [0.1, 0.15) is 17.0 Å². The molecule has 0 radical (unpaired) electrons. The number of hydrogen-bond donors (Lipinski definition) is 0. The Kier molecular flexibility index (Phi) is 5.78. The molecule has 0 aliphatic carbocycles. The fourth-order valence-corrected chi connectivity index (χ4v) is 3.34. The van der Waals surface area contributed by atoms with E-state index in [1.807, 2.05) is 54.0 Å². The molecule has 1 aromatic carbocycles. The third kappa shape index (κ3) is 4.67. The first-order chi connectivity index (χ1) is 13.0. The number of carbonyl (C=O) groups is 2. The van der Waals surface area contributed by atoms with E-state index < -0.39 is 0 Å². The number of amides is 2. The van der Waals surface area contributed by atoms with Crippen LogP contribution in [0.5, 0.6) is 5.75 Å². The lowest BCUT2D eigenvalue weighted by Gasteiger charge is -2.35. The van der Waals surface area contributed by atoms with Crippen LogP contribution in [-0.2, 0) is 22.6 Å². The Morgan fingerprint density at radius 2 is 1.70 bits per heavy atom. The molecular weight excluding hydrogens is 344 g/mol. The van der Waals surface area contributed by atoms with E-state index in [0.717, 1.165) is 22.7 Å². The van der Waals surface area contributed by atoms with E-state index in [1.54, 1.807) is 11.8 Å². The topological polar surface area (TPSA) is 67.7 Å². The van der Waals surface area contributed by atoms with E-state index in [0.29, 0.717) is 32.6 Å². The van der Waals surface area contributed by atoms with Gasteiger partial charge in [0, 0.05) is 31.9 Å². The first-order valence-corrected chi connectivity index (χ1v) is 9.16. The Morgan fingerprint density at radius 1 is 1.04 bits per heavy atom. The molecule has 2 aromatic rings. The number of ether oxygens (including phenoxy) is 1. The van der Waals surface area contributed by atoms with Crippen LogP contribution in [0.4, 0.5) is 0 Å². The highest BCUT2D eigenvalue weighted by Gasteiger charge is 2.24. The van der Waals surface area contributed by atoms with Gasteiger partial charge in [0.05, 0.1) is 19.2 Å². The lowest BCUT2D eigenvalue weighted by atomic mass is 10.1. The van der Waals surface area contributed by atoms with Gasteiger partial charge in [-0.25, -0.2) is 0 Å². The van der Waals surface area contributed by atoms with E-state index in [9.17, 15) is 9.59 Å². The molecule has 0 bridgehead atoms. The summed E-state index contributed by atoms with van der Waals surface area (Å²) in [6, 6.07) is 9.52. The normalized spacial score (nSPS) is 14.3. The van der Waals surface area contributed by atoms with Crippen molar-refractivity contribution in [1.82, 2.24) is 19.6 Å². The van der Waals surface area contributed by atoms with Gasteiger partial charge in [0.15, 0.2) is 0 Å². The van der Waals surface area contributed by atoms with Crippen molar-refractivity contribution in [3.8, 4) is 5.75 Å². The zero-order chi connectivity index (χ0) is 19.4. The minimum absolute atomic E-state index is 0.0427. The molecule has 7 nitrogen and oxygen atoms in total. The van der Waals surface area contributed by atoms with Gasteiger partial charge in [-0.15, -0.1) is 0 Å². The Hall–Kier alpha value is -2.83. The van der Waals surface area contributed by atoms with Crippen molar-refractivity contribution in [2.75, 3.05) is 33.3 Å². The minimum atomic E-state index is 0.0427. The van der Waals surface area contributed by atoms with Gasteiger partial charge in [0.25, 0.3) is 0 Å². The fraction of sp³-hybridized carbons (Fsp3) is 0.450. The molecule has 1 fully saturated rings. The van der Waals surface area contributed by atoms with Crippen molar-refractivity contribution in [3.05, 3.63) is 47.3 Å². The number of hydrogen-bond acceptors (Lipinski definition) is 4. The minimum Gasteiger partial charge on any atom is -0.497 e. The van der Waals surface area contributed by atoms with Gasteiger partial charge in [0.1, 0.15) is 12.3 Å². The third-order valence-corrected chi connectivity index (χ3v) is 4.86. The maximum Gasteiger partial charge on any atom is 0.244 e. The van der Waals surface area contributed by atoms with E-state index >= 15 is 0 Å². The maximum atomic E-state index is 12.5. The largest absolute Gasteiger partial charge is 0.497 e. The summed E-state index contributed by atoms with van der Waals surface area (Å²) in [5.41, 5.74) is 2.82. The van der Waals surface area contributed by atoms with Crippen LogP contribution in [0.15, 0.2) is 30.3 Å². The van der Waals surface area contributed by atoms with Crippen LogP contribution in [0.3, 0.4) is 0 Å². The van der Waals surface area contributed by atoms with Crippen LogP contribution < -0.4 is 4.74 Å². The quantitative estimate of drug-likeness (QED) is 0.798. The number of piperazine rings is 1. The zero-order valence-electron chi connectivity index (χ0n) is 16.1. The van der Waals surface area contributed by atoms with Crippen LogP contribution in [0, 0.1) is 13.8 Å².